The number of aryl methyl sites for hydroxylation is 1. The number of hydrogen-bond acceptors (Lipinski definition) is 3. The minimum absolute atomic E-state index is 0.00732. The maximum absolute atomic E-state index is 11.8. The van der Waals surface area contributed by atoms with Crippen LogP contribution < -0.4 is 5.32 Å². The van der Waals surface area contributed by atoms with E-state index in [-0.39, 0.29) is 11.7 Å². The molecule has 0 aliphatic carbocycles. The summed E-state index contributed by atoms with van der Waals surface area (Å²) in [6, 6.07) is 8.55. The van der Waals surface area contributed by atoms with Crippen molar-refractivity contribution >= 4 is 17.2 Å². The molecular formula is C13H13NO2S. The Labute approximate surface area is 104 Å². The lowest BCUT2D eigenvalue weighted by atomic mass is 10.2. The average molecular weight is 247 g/mol. The van der Waals surface area contributed by atoms with Gasteiger partial charge in [-0.05, 0) is 36.1 Å². The monoisotopic (exact) mass is 247 g/mol. The lowest BCUT2D eigenvalue weighted by Crippen LogP contribution is -2.22. The molecule has 0 unspecified atom stereocenters. The van der Waals surface area contributed by atoms with Crippen LogP contribution in [0.25, 0.3) is 0 Å². The molecule has 0 aliphatic rings. The predicted octanol–water partition coefficient (Wildman–Crippen LogP) is 2.69. The molecule has 17 heavy (non-hydrogen) atoms. The summed E-state index contributed by atoms with van der Waals surface area (Å²) in [6.07, 6.45) is 0. The second-order valence-electron chi connectivity index (χ2n) is 3.73. The van der Waals surface area contributed by atoms with Crippen molar-refractivity contribution < 1.29 is 9.90 Å². The van der Waals surface area contributed by atoms with E-state index in [9.17, 15) is 9.90 Å². The van der Waals surface area contributed by atoms with Crippen molar-refractivity contribution in [3.8, 4) is 5.75 Å². The third kappa shape index (κ3) is 2.65. The van der Waals surface area contributed by atoms with E-state index in [1.54, 1.807) is 29.5 Å². The van der Waals surface area contributed by atoms with E-state index in [0.717, 1.165) is 4.88 Å². The first-order valence-corrected chi connectivity index (χ1v) is 6.15. The molecule has 0 saturated carbocycles. The summed E-state index contributed by atoms with van der Waals surface area (Å²) in [7, 11) is 0. The molecule has 0 fully saturated rings. The first-order chi connectivity index (χ1) is 8.18. The highest BCUT2D eigenvalue weighted by Crippen LogP contribution is 2.17. The van der Waals surface area contributed by atoms with Gasteiger partial charge in [-0.1, -0.05) is 12.1 Å². The molecule has 0 radical (unpaired) electrons. The lowest BCUT2D eigenvalue weighted by molar-refractivity contribution is 0.0948. The topological polar surface area (TPSA) is 49.3 Å². The molecule has 0 atom stereocenters. The highest BCUT2D eigenvalue weighted by atomic mass is 32.1. The maximum atomic E-state index is 11.8. The Morgan fingerprint density at radius 1 is 1.35 bits per heavy atom. The molecule has 88 valence electrons. The van der Waals surface area contributed by atoms with Crippen LogP contribution in [0.1, 0.15) is 20.8 Å². The standard InChI is InChI=1S/C13H13NO2S/c1-9-6-7-17-12(9)8-14-13(16)10-4-2-3-5-11(10)15/h2-7,15H,8H2,1H3,(H,14,16). The van der Waals surface area contributed by atoms with E-state index in [1.807, 2.05) is 18.4 Å². The van der Waals surface area contributed by atoms with Crippen LogP contribution >= 0.6 is 11.3 Å². The summed E-state index contributed by atoms with van der Waals surface area (Å²) in [5, 5.41) is 14.3. The van der Waals surface area contributed by atoms with Crippen molar-refractivity contribution in [2.75, 3.05) is 0 Å². The van der Waals surface area contributed by atoms with Crippen molar-refractivity contribution in [2.45, 2.75) is 13.5 Å². The number of hydrogen-bond donors (Lipinski definition) is 2. The SMILES string of the molecule is Cc1ccsc1CNC(=O)c1ccccc1O. The molecule has 0 aliphatic heterocycles. The second kappa shape index (κ2) is 5.01. The Hall–Kier alpha value is -1.81. The maximum Gasteiger partial charge on any atom is 0.255 e. The molecule has 2 rings (SSSR count). The molecular weight excluding hydrogens is 234 g/mol. The van der Waals surface area contributed by atoms with Gasteiger partial charge in [-0.25, -0.2) is 0 Å². The van der Waals surface area contributed by atoms with Crippen molar-refractivity contribution in [3.63, 3.8) is 0 Å². The summed E-state index contributed by atoms with van der Waals surface area (Å²) < 4.78 is 0. The molecule has 2 aromatic rings. The number of thiophene rings is 1. The number of carbonyl (C=O) groups is 1. The van der Waals surface area contributed by atoms with Crippen molar-refractivity contribution in [1.29, 1.82) is 0 Å². The Morgan fingerprint density at radius 3 is 2.76 bits per heavy atom. The minimum atomic E-state index is -0.254. The fraction of sp³-hybridized carbons (Fsp3) is 0.154. The number of aromatic hydroxyl groups is 1. The molecule has 0 spiro atoms. The highest BCUT2D eigenvalue weighted by molar-refractivity contribution is 7.10. The first kappa shape index (κ1) is 11.7. The Morgan fingerprint density at radius 2 is 2.12 bits per heavy atom. The normalized spacial score (nSPS) is 10.2. The largest absolute Gasteiger partial charge is 0.507 e. The van der Waals surface area contributed by atoms with Crippen LogP contribution in [0.3, 0.4) is 0 Å². The summed E-state index contributed by atoms with van der Waals surface area (Å²) in [6.45, 7) is 2.51. The van der Waals surface area contributed by atoms with Gasteiger partial charge in [0, 0.05) is 4.88 Å². The molecule has 1 aromatic heterocycles. The van der Waals surface area contributed by atoms with Gasteiger partial charge in [-0.2, -0.15) is 0 Å². The Kier molecular flexibility index (Phi) is 3.44. The van der Waals surface area contributed by atoms with Crippen LogP contribution in [0.5, 0.6) is 5.75 Å². The van der Waals surface area contributed by atoms with Gasteiger partial charge in [0.1, 0.15) is 5.75 Å². The van der Waals surface area contributed by atoms with Gasteiger partial charge in [0.05, 0.1) is 12.1 Å². The molecule has 0 bridgehead atoms. The van der Waals surface area contributed by atoms with Gasteiger partial charge < -0.3 is 10.4 Å². The van der Waals surface area contributed by atoms with E-state index in [2.05, 4.69) is 5.32 Å². The van der Waals surface area contributed by atoms with Gasteiger partial charge >= 0.3 is 0 Å². The summed E-state index contributed by atoms with van der Waals surface area (Å²) >= 11 is 1.61. The van der Waals surface area contributed by atoms with Gasteiger partial charge in [0.25, 0.3) is 5.91 Å². The minimum Gasteiger partial charge on any atom is -0.507 e. The predicted molar refractivity (Wildman–Crippen MR) is 68.3 cm³/mol. The second-order valence-corrected chi connectivity index (χ2v) is 4.73. The number of para-hydroxylation sites is 1. The van der Waals surface area contributed by atoms with Gasteiger partial charge in [0.2, 0.25) is 0 Å². The van der Waals surface area contributed by atoms with Crippen LogP contribution in [0.15, 0.2) is 35.7 Å². The van der Waals surface area contributed by atoms with E-state index < -0.39 is 0 Å². The van der Waals surface area contributed by atoms with Crippen LogP contribution in [0, 0.1) is 6.92 Å². The van der Waals surface area contributed by atoms with Gasteiger partial charge in [-0.3, -0.25) is 4.79 Å². The summed E-state index contributed by atoms with van der Waals surface area (Å²) in [4.78, 5) is 12.9. The molecule has 0 saturated heterocycles. The zero-order valence-corrected chi connectivity index (χ0v) is 10.3. The molecule has 4 heteroatoms. The van der Waals surface area contributed by atoms with Crippen molar-refractivity contribution in [2.24, 2.45) is 0 Å². The lowest BCUT2D eigenvalue weighted by Gasteiger charge is -2.06. The first-order valence-electron chi connectivity index (χ1n) is 5.27. The van der Waals surface area contributed by atoms with Crippen LogP contribution in [-0.4, -0.2) is 11.0 Å². The number of nitrogens with one attached hydrogen (secondary N) is 1. The molecule has 1 amide bonds. The number of phenolic OH excluding ortho intramolecular Hbond substituents is 1. The smallest absolute Gasteiger partial charge is 0.255 e. The third-order valence-electron chi connectivity index (χ3n) is 2.53. The van der Waals surface area contributed by atoms with E-state index >= 15 is 0 Å². The molecule has 3 nitrogen and oxygen atoms in total. The summed E-state index contributed by atoms with van der Waals surface area (Å²) in [5.41, 5.74) is 1.48. The fourth-order valence-corrected chi connectivity index (χ4v) is 2.35. The zero-order chi connectivity index (χ0) is 12.3. The highest BCUT2D eigenvalue weighted by Gasteiger charge is 2.10. The van der Waals surface area contributed by atoms with Gasteiger partial charge in [-0.15, -0.1) is 11.3 Å². The number of benzene rings is 1. The third-order valence-corrected chi connectivity index (χ3v) is 3.55. The summed E-state index contributed by atoms with van der Waals surface area (Å²) in [5.74, 6) is -0.246. The molecule has 1 heterocycles. The zero-order valence-electron chi connectivity index (χ0n) is 9.43. The van der Waals surface area contributed by atoms with E-state index in [0.29, 0.717) is 12.1 Å². The van der Waals surface area contributed by atoms with E-state index in [4.69, 9.17) is 0 Å². The number of phenols is 1. The fourth-order valence-electron chi connectivity index (χ4n) is 1.51. The molecule has 2 N–H and O–H groups in total. The van der Waals surface area contributed by atoms with Crippen LogP contribution in [0.4, 0.5) is 0 Å². The quantitative estimate of drug-likeness (QED) is 0.876. The average Bonchev–Trinajstić information content (AvgIpc) is 2.72. The van der Waals surface area contributed by atoms with Crippen molar-refractivity contribution in [3.05, 3.63) is 51.7 Å². The number of amides is 1. The number of rotatable bonds is 3. The number of carbonyl (C=O) groups excluding carboxylic acids is 1. The van der Waals surface area contributed by atoms with Crippen LogP contribution in [0.2, 0.25) is 0 Å². The Bertz CT molecular complexity index is 534. The van der Waals surface area contributed by atoms with Crippen LogP contribution in [-0.2, 0) is 6.54 Å². The van der Waals surface area contributed by atoms with Gasteiger partial charge in [0.15, 0.2) is 0 Å². The molecule has 1 aromatic carbocycles. The van der Waals surface area contributed by atoms with E-state index in [1.165, 1.54) is 11.6 Å². The van der Waals surface area contributed by atoms with Crippen molar-refractivity contribution in [1.82, 2.24) is 5.32 Å². The Balaban J connectivity index is 2.04.